The van der Waals surface area contributed by atoms with Crippen molar-refractivity contribution in [2.45, 2.75) is 20.3 Å². The van der Waals surface area contributed by atoms with E-state index in [0.717, 1.165) is 37.3 Å². The molecule has 1 aromatic carbocycles. The van der Waals surface area contributed by atoms with Crippen LogP contribution in [-0.2, 0) is 6.42 Å². The Morgan fingerprint density at radius 3 is 2.42 bits per heavy atom. The van der Waals surface area contributed by atoms with Crippen molar-refractivity contribution in [1.82, 2.24) is 14.7 Å². The van der Waals surface area contributed by atoms with Crippen molar-refractivity contribution < 1.29 is 9.59 Å². The minimum Gasteiger partial charge on any atom is -0.384 e. The van der Waals surface area contributed by atoms with Crippen molar-refractivity contribution in [3.05, 3.63) is 29.3 Å². The fourth-order valence-corrected chi connectivity index (χ4v) is 3.42. The molecule has 6 heteroatoms. The number of fused-ring (bicyclic) bond motifs is 1. The third-order valence-electron chi connectivity index (χ3n) is 4.93. The Hall–Kier alpha value is -2.24. The van der Waals surface area contributed by atoms with Crippen molar-refractivity contribution in [3.8, 4) is 0 Å². The first-order valence-corrected chi connectivity index (χ1v) is 8.84. The van der Waals surface area contributed by atoms with Crippen LogP contribution in [-0.4, -0.2) is 72.5 Å². The van der Waals surface area contributed by atoms with Gasteiger partial charge in [0.15, 0.2) is 0 Å². The van der Waals surface area contributed by atoms with Crippen LogP contribution in [0.2, 0.25) is 0 Å². The van der Waals surface area contributed by atoms with Crippen LogP contribution in [0.3, 0.4) is 0 Å². The largest absolute Gasteiger partial charge is 0.384 e. The van der Waals surface area contributed by atoms with Crippen LogP contribution in [0.1, 0.15) is 29.8 Å². The first kappa shape index (κ1) is 16.6. The maximum atomic E-state index is 12.7. The molecule has 0 radical (unpaired) electrons. The number of nitrogens with zero attached hydrogens (tertiary/aromatic N) is 3. The third kappa shape index (κ3) is 3.18. The highest BCUT2D eigenvalue weighted by Crippen LogP contribution is 2.24. The van der Waals surface area contributed by atoms with Gasteiger partial charge in [0.05, 0.1) is 0 Å². The molecule has 2 aliphatic heterocycles. The lowest BCUT2D eigenvalue weighted by Gasteiger charge is -2.37. The van der Waals surface area contributed by atoms with Gasteiger partial charge < -0.3 is 20.0 Å². The molecular weight excluding hydrogens is 304 g/mol. The zero-order valence-electron chi connectivity index (χ0n) is 14.5. The third-order valence-corrected chi connectivity index (χ3v) is 4.93. The van der Waals surface area contributed by atoms with E-state index in [4.69, 9.17) is 0 Å². The van der Waals surface area contributed by atoms with Gasteiger partial charge in [0.1, 0.15) is 0 Å². The summed E-state index contributed by atoms with van der Waals surface area (Å²) in [5.74, 6) is 0.0691. The molecule has 2 aliphatic rings. The average Bonchev–Trinajstić information content (AvgIpc) is 3.10. The highest BCUT2D eigenvalue weighted by Gasteiger charge is 2.27. The lowest BCUT2D eigenvalue weighted by Crippen LogP contribution is -2.54. The topological polar surface area (TPSA) is 55.9 Å². The molecule has 0 atom stereocenters. The van der Waals surface area contributed by atoms with E-state index in [1.165, 1.54) is 5.56 Å². The Morgan fingerprint density at radius 2 is 1.75 bits per heavy atom. The van der Waals surface area contributed by atoms with Gasteiger partial charge in [-0.15, -0.1) is 0 Å². The number of hydrogen-bond donors (Lipinski definition) is 1. The standard InChI is InChI=1S/C18H26N4O2/c1-3-20(4-2)18(24)22-11-9-21(10-12-22)17(23)15-5-6-16-14(13-15)7-8-19-16/h5-6,13,19H,3-4,7-12H2,1-2H3. The molecule has 3 amide bonds. The maximum absolute atomic E-state index is 12.7. The number of anilines is 1. The van der Waals surface area contributed by atoms with Gasteiger partial charge in [-0.05, 0) is 44.0 Å². The van der Waals surface area contributed by atoms with Gasteiger partial charge in [-0.1, -0.05) is 0 Å². The quantitative estimate of drug-likeness (QED) is 0.920. The molecule has 0 unspecified atom stereocenters. The van der Waals surface area contributed by atoms with Crippen LogP contribution >= 0.6 is 0 Å². The van der Waals surface area contributed by atoms with Gasteiger partial charge in [-0.25, -0.2) is 4.79 Å². The number of piperazine rings is 1. The van der Waals surface area contributed by atoms with Gasteiger partial charge in [-0.2, -0.15) is 0 Å². The van der Waals surface area contributed by atoms with Crippen LogP contribution in [0, 0.1) is 0 Å². The fraction of sp³-hybridized carbons (Fsp3) is 0.556. The molecule has 1 aromatic rings. The van der Waals surface area contributed by atoms with E-state index in [1.54, 1.807) is 0 Å². The van der Waals surface area contributed by atoms with E-state index < -0.39 is 0 Å². The molecule has 2 heterocycles. The summed E-state index contributed by atoms with van der Waals surface area (Å²) in [4.78, 5) is 30.6. The summed E-state index contributed by atoms with van der Waals surface area (Å²) in [6.45, 7) is 8.77. The Morgan fingerprint density at radius 1 is 1.08 bits per heavy atom. The van der Waals surface area contributed by atoms with E-state index in [1.807, 2.05) is 46.7 Å². The molecular formula is C18H26N4O2. The van der Waals surface area contributed by atoms with Crippen molar-refractivity contribution >= 4 is 17.6 Å². The number of nitrogens with one attached hydrogen (secondary N) is 1. The number of hydrogen-bond acceptors (Lipinski definition) is 3. The van der Waals surface area contributed by atoms with Gasteiger partial charge in [-0.3, -0.25) is 4.79 Å². The molecule has 1 fully saturated rings. The number of benzene rings is 1. The Bertz CT molecular complexity index is 619. The fourth-order valence-electron chi connectivity index (χ4n) is 3.42. The molecule has 0 aliphatic carbocycles. The Balaban J connectivity index is 1.60. The summed E-state index contributed by atoms with van der Waals surface area (Å²) in [5.41, 5.74) is 3.11. The normalized spacial score (nSPS) is 16.6. The molecule has 24 heavy (non-hydrogen) atoms. The lowest BCUT2D eigenvalue weighted by molar-refractivity contribution is 0.0641. The molecule has 0 aromatic heterocycles. The van der Waals surface area contributed by atoms with Gasteiger partial charge >= 0.3 is 6.03 Å². The first-order chi connectivity index (χ1) is 11.6. The number of rotatable bonds is 3. The van der Waals surface area contributed by atoms with Gasteiger partial charge in [0.25, 0.3) is 5.91 Å². The molecule has 0 bridgehead atoms. The van der Waals surface area contributed by atoms with Gasteiger partial charge in [0, 0.05) is 57.1 Å². The Labute approximate surface area is 143 Å². The van der Waals surface area contributed by atoms with Crippen LogP contribution < -0.4 is 5.32 Å². The first-order valence-electron chi connectivity index (χ1n) is 8.84. The number of carbonyl (C=O) groups is 2. The number of carbonyl (C=O) groups excluding carboxylic acids is 2. The minimum absolute atomic E-state index is 0.0691. The van der Waals surface area contributed by atoms with Crippen LogP contribution in [0.25, 0.3) is 0 Å². The summed E-state index contributed by atoms with van der Waals surface area (Å²) >= 11 is 0. The molecule has 3 rings (SSSR count). The highest BCUT2D eigenvalue weighted by atomic mass is 16.2. The average molecular weight is 330 g/mol. The van der Waals surface area contributed by atoms with Gasteiger partial charge in [0.2, 0.25) is 0 Å². The van der Waals surface area contributed by atoms with Crippen molar-refractivity contribution in [1.29, 1.82) is 0 Å². The second kappa shape index (κ2) is 7.11. The van der Waals surface area contributed by atoms with Crippen molar-refractivity contribution in [2.24, 2.45) is 0 Å². The number of amides is 3. The van der Waals surface area contributed by atoms with Crippen LogP contribution in [0.15, 0.2) is 18.2 Å². The van der Waals surface area contributed by atoms with Crippen molar-refractivity contribution in [2.75, 3.05) is 51.1 Å². The smallest absolute Gasteiger partial charge is 0.320 e. The lowest BCUT2D eigenvalue weighted by atomic mass is 10.1. The van der Waals surface area contributed by atoms with E-state index in [9.17, 15) is 9.59 Å². The molecule has 0 saturated carbocycles. The van der Waals surface area contributed by atoms with Crippen molar-refractivity contribution in [3.63, 3.8) is 0 Å². The van der Waals surface area contributed by atoms with E-state index in [2.05, 4.69) is 5.32 Å². The zero-order valence-corrected chi connectivity index (χ0v) is 14.5. The monoisotopic (exact) mass is 330 g/mol. The predicted molar refractivity (Wildman–Crippen MR) is 94.4 cm³/mol. The maximum Gasteiger partial charge on any atom is 0.320 e. The summed E-state index contributed by atoms with van der Waals surface area (Å²) in [6.07, 6.45) is 0.975. The second-order valence-corrected chi connectivity index (χ2v) is 6.28. The summed E-state index contributed by atoms with van der Waals surface area (Å²) < 4.78 is 0. The SMILES string of the molecule is CCN(CC)C(=O)N1CCN(C(=O)c2ccc3c(c2)CCN3)CC1. The number of urea groups is 1. The molecule has 1 N–H and O–H groups in total. The molecule has 0 spiro atoms. The van der Waals surface area contributed by atoms with Crippen LogP contribution in [0.5, 0.6) is 0 Å². The highest BCUT2D eigenvalue weighted by molar-refractivity contribution is 5.95. The van der Waals surface area contributed by atoms with E-state index in [-0.39, 0.29) is 11.9 Å². The molecule has 6 nitrogen and oxygen atoms in total. The second-order valence-electron chi connectivity index (χ2n) is 6.28. The van der Waals surface area contributed by atoms with E-state index in [0.29, 0.717) is 26.2 Å². The zero-order chi connectivity index (χ0) is 17.1. The summed E-state index contributed by atoms with van der Waals surface area (Å²) in [6, 6.07) is 5.98. The molecule has 1 saturated heterocycles. The van der Waals surface area contributed by atoms with E-state index >= 15 is 0 Å². The summed E-state index contributed by atoms with van der Waals surface area (Å²) in [7, 11) is 0. The Kier molecular flexibility index (Phi) is 4.92. The summed E-state index contributed by atoms with van der Waals surface area (Å²) in [5, 5.41) is 3.31. The van der Waals surface area contributed by atoms with Crippen LogP contribution in [0.4, 0.5) is 10.5 Å². The minimum atomic E-state index is 0.0691. The molecule has 130 valence electrons. The predicted octanol–water partition coefficient (Wildman–Crippen LogP) is 1.87.